The molecule has 3 aromatic carbocycles. The zero-order valence-electron chi connectivity index (χ0n) is 16.3. The third-order valence-electron chi connectivity index (χ3n) is 4.46. The van der Waals surface area contributed by atoms with Crippen LogP contribution in [0.2, 0.25) is 0 Å². The van der Waals surface area contributed by atoms with Gasteiger partial charge in [-0.15, -0.1) is 0 Å². The zero-order chi connectivity index (χ0) is 23.6. The van der Waals surface area contributed by atoms with Gasteiger partial charge in [0, 0.05) is 12.6 Å². The Hall–Kier alpha value is -3.47. The lowest BCUT2D eigenvalue weighted by molar-refractivity contribution is -0.133. The van der Waals surface area contributed by atoms with E-state index < -0.39 is 57.1 Å². The highest BCUT2D eigenvalue weighted by molar-refractivity contribution is 7.92. The lowest BCUT2D eigenvalue weighted by Gasteiger charge is -2.19. The minimum absolute atomic E-state index is 0.0563. The summed E-state index contributed by atoms with van der Waals surface area (Å²) in [6.45, 7) is 0. The van der Waals surface area contributed by atoms with E-state index in [-0.39, 0.29) is 16.3 Å². The molecule has 0 aliphatic heterocycles. The first kappa shape index (κ1) is 23.2. The van der Waals surface area contributed by atoms with Crippen molar-refractivity contribution in [3.63, 3.8) is 0 Å². The van der Waals surface area contributed by atoms with E-state index in [1.807, 2.05) is 0 Å². The second-order valence-corrected chi connectivity index (χ2v) is 8.45. The van der Waals surface area contributed by atoms with Crippen LogP contribution in [0.15, 0.2) is 59.5 Å². The maximum Gasteiger partial charge on any atom is 0.315 e. The van der Waals surface area contributed by atoms with E-state index in [1.54, 1.807) is 18.2 Å². The van der Waals surface area contributed by atoms with Crippen LogP contribution in [0.3, 0.4) is 0 Å². The van der Waals surface area contributed by atoms with Crippen molar-refractivity contribution in [2.75, 3.05) is 11.4 Å². The van der Waals surface area contributed by atoms with Gasteiger partial charge >= 0.3 is 5.97 Å². The summed E-state index contributed by atoms with van der Waals surface area (Å²) in [5, 5.41) is 0. The van der Waals surface area contributed by atoms with Crippen molar-refractivity contribution < 1.29 is 39.9 Å². The van der Waals surface area contributed by atoms with E-state index in [1.165, 1.54) is 43.4 Å². The molecule has 0 atom stereocenters. The van der Waals surface area contributed by atoms with Gasteiger partial charge < -0.3 is 4.74 Å². The number of ether oxygens (including phenoxy) is 1. The third-order valence-corrected chi connectivity index (χ3v) is 6.26. The van der Waals surface area contributed by atoms with Crippen LogP contribution in [-0.4, -0.2) is 21.4 Å². The molecule has 0 bridgehead atoms. The molecule has 0 heterocycles. The molecule has 0 spiro atoms. The summed E-state index contributed by atoms with van der Waals surface area (Å²) in [6, 6.07) is 12.7. The van der Waals surface area contributed by atoms with Gasteiger partial charge in [0.15, 0.2) is 23.3 Å². The second kappa shape index (κ2) is 8.95. The third kappa shape index (κ3) is 4.42. The molecule has 0 amide bonds. The molecule has 0 aromatic heterocycles. The summed E-state index contributed by atoms with van der Waals surface area (Å²) in [6.07, 6.45) is -1.21. The molecule has 168 valence electrons. The monoisotopic (exact) mass is 471 g/mol. The van der Waals surface area contributed by atoms with Gasteiger partial charge in [0.2, 0.25) is 5.82 Å². The Morgan fingerprint density at radius 1 is 0.812 bits per heavy atom. The molecule has 32 heavy (non-hydrogen) atoms. The lowest BCUT2D eigenvalue weighted by atomic mass is 10.1. The fourth-order valence-corrected chi connectivity index (χ4v) is 3.95. The lowest BCUT2D eigenvalue weighted by Crippen LogP contribution is -2.26. The summed E-state index contributed by atoms with van der Waals surface area (Å²) in [7, 11) is -2.54. The number of nitrogens with zero attached hydrogens (tertiary/aromatic N) is 1. The Labute approximate surface area is 179 Å². The molecule has 0 unspecified atom stereocenters. The number of sulfonamides is 1. The molecule has 3 rings (SSSR count). The molecular weight excluding hydrogens is 457 g/mol. The van der Waals surface area contributed by atoms with Crippen LogP contribution < -0.4 is 9.04 Å². The molecule has 0 N–H and O–H groups in total. The Morgan fingerprint density at radius 2 is 1.31 bits per heavy atom. The molecule has 0 saturated heterocycles. The number of carbonyl (C=O) groups excluding carboxylic acids is 1. The van der Waals surface area contributed by atoms with Gasteiger partial charge in [0.25, 0.3) is 10.0 Å². The van der Waals surface area contributed by atoms with Gasteiger partial charge in [0.1, 0.15) is 5.75 Å². The molecule has 0 saturated carbocycles. The quantitative estimate of drug-likeness (QED) is 0.176. The van der Waals surface area contributed by atoms with Gasteiger partial charge in [-0.2, -0.15) is 0 Å². The topological polar surface area (TPSA) is 63.7 Å². The standard InChI is InChI=1S/C21H14F5NO4S/c1-27(32(29,30)14-5-3-2-4-6-14)12-7-9-13(10-8-12)31-16(28)11-15-17(22)19(24)21(26)20(25)18(15)23/h2-10H,11H2,1H3. The molecule has 5 nitrogen and oxygen atoms in total. The molecule has 0 aliphatic rings. The zero-order valence-corrected chi connectivity index (χ0v) is 17.1. The minimum atomic E-state index is -3.85. The van der Waals surface area contributed by atoms with Crippen molar-refractivity contribution in [3.8, 4) is 5.75 Å². The van der Waals surface area contributed by atoms with E-state index >= 15 is 0 Å². The first-order valence-electron chi connectivity index (χ1n) is 8.89. The predicted octanol–water partition coefficient (Wildman–Crippen LogP) is 4.36. The second-order valence-electron chi connectivity index (χ2n) is 6.48. The van der Waals surface area contributed by atoms with Crippen LogP contribution in [0, 0.1) is 29.1 Å². The van der Waals surface area contributed by atoms with Gasteiger partial charge in [0.05, 0.1) is 17.0 Å². The number of carbonyl (C=O) groups is 1. The average Bonchev–Trinajstić information content (AvgIpc) is 2.80. The number of benzene rings is 3. The summed E-state index contributed by atoms with van der Waals surface area (Å²) in [5.74, 6) is -12.3. The van der Waals surface area contributed by atoms with Gasteiger partial charge in [-0.1, -0.05) is 18.2 Å². The van der Waals surface area contributed by atoms with Crippen molar-refractivity contribution in [1.29, 1.82) is 0 Å². The molecule has 0 aliphatic carbocycles. The molecule has 3 aromatic rings. The van der Waals surface area contributed by atoms with Crippen LogP contribution in [0.1, 0.15) is 5.56 Å². The maximum absolute atomic E-state index is 13.7. The number of esters is 1. The molecular formula is C21H14F5NO4S. The Morgan fingerprint density at radius 3 is 1.84 bits per heavy atom. The van der Waals surface area contributed by atoms with Crippen LogP contribution in [-0.2, 0) is 21.2 Å². The van der Waals surface area contributed by atoms with Crippen molar-refractivity contribution in [3.05, 3.63) is 89.2 Å². The van der Waals surface area contributed by atoms with E-state index in [2.05, 4.69) is 0 Å². The average molecular weight is 471 g/mol. The highest BCUT2D eigenvalue weighted by Gasteiger charge is 2.27. The fourth-order valence-electron chi connectivity index (χ4n) is 2.73. The van der Waals surface area contributed by atoms with Crippen molar-refractivity contribution >= 4 is 21.7 Å². The Bertz CT molecular complexity index is 1240. The summed E-state index contributed by atoms with van der Waals surface area (Å²) in [5.41, 5.74) is -1.11. The molecule has 0 fully saturated rings. The Balaban J connectivity index is 1.75. The van der Waals surface area contributed by atoms with Crippen molar-refractivity contribution in [1.82, 2.24) is 0 Å². The van der Waals surface area contributed by atoms with Crippen molar-refractivity contribution in [2.24, 2.45) is 0 Å². The largest absolute Gasteiger partial charge is 0.426 e. The van der Waals surface area contributed by atoms with E-state index in [0.717, 1.165) is 4.31 Å². The summed E-state index contributed by atoms with van der Waals surface area (Å²) >= 11 is 0. The van der Waals surface area contributed by atoms with Crippen molar-refractivity contribution in [2.45, 2.75) is 11.3 Å². The SMILES string of the molecule is CN(c1ccc(OC(=O)Cc2c(F)c(F)c(F)c(F)c2F)cc1)S(=O)(=O)c1ccccc1. The van der Waals surface area contributed by atoms with Crippen LogP contribution in [0.4, 0.5) is 27.6 Å². The highest BCUT2D eigenvalue weighted by atomic mass is 32.2. The maximum atomic E-state index is 13.7. The first-order valence-corrected chi connectivity index (χ1v) is 10.3. The molecule has 0 radical (unpaired) electrons. The number of rotatable bonds is 6. The number of hydrogen-bond acceptors (Lipinski definition) is 4. The van der Waals surface area contributed by atoms with Gasteiger partial charge in [-0.05, 0) is 36.4 Å². The Kier molecular flexibility index (Phi) is 6.49. The molecule has 11 heteroatoms. The van der Waals surface area contributed by atoms with Crippen LogP contribution >= 0.6 is 0 Å². The van der Waals surface area contributed by atoms with E-state index in [9.17, 15) is 35.2 Å². The minimum Gasteiger partial charge on any atom is -0.426 e. The fraction of sp³-hybridized carbons (Fsp3) is 0.0952. The van der Waals surface area contributed by atoms with Gasteiger partial charge in [-0.3, -0.25) is 9.10 Å². The van der Waals surface area contributed by atoms with Crippen LogP contribution in [0.25, 0.3) is 0 Å². The smallest absolute Gasteiger partial charge is 0.315 e. The van der Waals surface area contributed by atoms with Gasteiger partial charge in [-0.25, -0.2) is 30.4 Å². The normalized spacial score (nSPS) is 11.3. The number of halogens is 5. The number of anilines is 1. The predicted molar refractivity (Wildman–Crippen MR) is 104 cm³/mol. The van der Waals surface area contributed by atoms with Crippen LogP contribution in [0.5, 0.6) is 5.75 Å². The van der Waals surface area contributed by atoms with E-state index in [0.29, 0.717) is 0 Å². The first-order chi connectivity index (χ1) is 15.0. The highest BCUT2D eigenvalue weighted by Crippen LogP contribution is 2.26. The summed E-state index contributed by atoms with van der Waals surface area (Å²) in [4.78, 5) is 12.0. The number of hydrogen-bond donors (Lipinski definition) is 0. The van der Waals surface area contributed by atoms with E-state index in [4.69, 9.17) is 4.74 Å². The summed E-state index contributed by atoms with van der Waals surface area (Å²) < 4.78 is 98.1.